The Morgan fingerprint density at radius 3 is 1.05 bits per heavy atom. The van der Waals surface area contributed by atoms with Crippen LogP contribution >= 0.6 is 0 Å². The van der Waals surface area contributed by atoms with Crippen molar-refractivity contribution in [2.24, 2.45) is 0 Å². The summed E-state index contributed by atoms with van der Waals surface area (Å²) in [6.45, 7) is 3.88. The SMILES string of the molecule is CCCCCCC/C=C\C/C=C\CCCCCCCCCCCCCCCCCCCCCCCCCCCCCCCC(=O)NC(COC1OC(CO)C(O)C(O)C1O)C(O)CCCCCCCCCCCCCCCCCCCC. The predicted octanol–water partition coefficient (Wildman–Crippen LogP) is 20.0. The molecule has 0 spiro atoms. The van der Waals surface area contributed by atoms with Crippen molar-refractivity contribution in [1.82, 2.24) is 5.32 Å². The number of carbonyl (C=O) groups excluding carboxylic acids is 1. The van der Waals surface area contributed by atoms with Crippen LogP contribution in [0.3, 0.4) is 0 Å². The monoisotopic (exact) mass is 1160 g/mol. The van der Waals surface area contributed by atoms with Gasteiger partial charge in [0.1, 0.15) is 24.4 Å². The Morgan fingerprint density at radius 2 is 0.720 bits per heavy atom. The first-order valence-electron chi connectivity index (χ1n) is 36.5. The van der Waals surface area contributed by atoms with Crippen molar-refractivity contribution in [3.63, 3.8) is 0 Å². The van der Waals surface area contributed by atoms with Crippen molar-refractivity contribution < 1.29 is 39.8 Å². The molecule has 0 saturated carbocycles. The Balaban J connectivity index is 2.00. The summed E-state index contributed by atoms with van der Waals surface area (Å²) in [4.78, 5) is 13.1. The third-order valence-electron chi connectivity index (χ3n) is 17.8. The van der Waals surface area contributed by atoms with Gasteiger partial charge >= 0.3 is 0 Å². The summed E-state index contributed by atoms with van der Waals surface area (Å²) in [5.74, 6) is -0.135. The maximum Gasteiger partial charge on any atom is 0.220 e. The Bertz CT molecular complexity index is 1340. The van der Waals surface area contributed by atoms with Crippen LogP contribution in [0.2, 0.25) is 0 Å². The molecule has 0 aromatic carbocycles. The summed E-state index contributed by atoms with van der Waals surface area (Å²) in [7, 11) is 0. The molecule has 1 aliphatic heterocycles. The number of rotatable bonds is 65. The quantitative estimate of drug-likeness (QED) is 0.0261. The van der Waals surface area contributed by atoms with Gasteiger partial charge in [-0.25, -0.2) is 0 Å². The minimum Gasteiger partial charge on any atom is -0.394 e. The van der Waals surface area contributed by atoms with Gasteiger partial charge in [-0.05, 0) is 44.9 Å². The lowest BCUT2D eigenvalue weighted by Crippen LogP contribution is -2.60. The molecule has 0 bridgehead atoms. The van der Waals surface area contributed by atoms with E-state index in [1.807, 2.05) is 0 Å². The van der Waals surface area contributed by atoms with Gasteiger partial charge in [0.2, 0.25) is 5.91 Å². The Hall–Kier alpha value is -1.33. The molecule has 0 aromatic rings. The van der Waals surface area contributed by atoms with Crippen LogP contribution in [-0.4, -0.2) is 87.5 Å². The topological polar surface area (TPSA) is 149 Å². The number of ether oxygens (including phenoxy) is 2. The maximum atomic E-state index is 13.1. The van der Waals surface area contributed by atoms with Crippen molar-refractivity contribution in [1.29, 1.82) is 0 Å². The number of hydrogen-bond donors (Lipinski definition) is 6. The van der Waals surface area contributed by atoms with Gasteiger partial charge in [0.15, 0.2) is 6.29 Å². The molecule has 1 aliphatic rings. The van der Waals surface area contributed by atoms with Crippen LogP contribution in [0.4, 0.5) is 0 Å². The molecule has 0 aliphatic carbocycles. The first kappa shape index (κ1) is 78.7. The zero-order chi connectivity index (χ0) is 59.3. The average molecular weight is 1160 g/mol. The summed E-state index contributed by atoms with van der Waals surface area (Å²) in [6, 6.07) is -0.716. The van der Waals surface area contributed by atoms with Crippen LogP contribution in [0.5, 0.6) is 0 Å². The Morgan fingerprint density at radius 1 is 0.415 bits per heavy atom. The summed E-state index contributed by atoms with van der Waals surface area (Å²) < 4.78 is 11.4. The third kappa shape index (κ3) is 50.8. The normalized spacial score (nSPS) is 18.4. The van der Waals surface area contributed by atoms with Crippen molar-refractivity contribution in [3.05, 3.63) is 24.3 Å². The number of hydrogen-bond acceptors (Lipinski definition) is 8. The van der Waals surface area contributed by atoms with E-state index in [9.17, 15) is 30.3 Å². The second-order valence-corrected chi connectivity index (χ2v) is 25.7. The van der Waals surface area contributed by atoms with Crippen molar-refractivity contribution in [2.75, 3.05) is 13.2 Å². The highest BCUT2D eigenvalue weighted by molar-refractivity contribution is 5.76. The Kier molecular flexibility index (Phi) is 60.2. The fourth-order valence-electron chi connectivity index (χ4n) is 12.1. The molecule has 1 amide bonds. The van der Waals surface area contributed by atoms with Crippen LogP contribution in [0.25, 0.3) is 0 Å². The van der Waals surface area contributed by atoms with Crippen LogP contribution < -0.4 is 5.32 Å². The molecule has 9 nitrogen and oxygen atoms in total. The van der Waals surface area contributed by atoms with Gasteiger partial charge in [-0.1, -0.05) is 353 Å². The minimum absolute atomic E-state index is 0.132. The zero-order valence-electron chi connectivity index (χ0n) is 54.5. The molecule has 1 saturated heterocycles. The zero-order valence-corrected chi connectivity index (χ0v) is 54.5. The van der Waals surface area contributed by atoms with Gasteiger partial charge in [-0.2, -0.15) is 0 Å². The lowest BCUT2D eigenvalue weighted by molar-refractivity contribution is -0.302. The van der Waals surface area contributed by atoms with E-state index >= 15 is 0 Å². The van der Waals surface area contributed by atoms with Crippen LogP contribution in [0.1, 0.15) is 380 Å². The first-order chi connectivity index (χ1) is 40.3. The lowest BCUT2D eigenvalue weighted by atomic mass is 9.99. The van der Waals surface area contributed by atoms with Crippen LogP contribution in [0.15, 0.2) is 24.3 Å². The van der Waals surface area contributed by atoms with E-state index in [-0.39, 0.29) is 12.5 Å². The number of unbranched alkanes of at least 4 members (excludes halogenated alkanes) is 51. The Labute approximate surface area is 509 Å². The van der Waals surface area contributed by atoms with E-state index in [4.69, 9.17) is 9.47 Å². The second-order valence-electron chi connectivity index (χ2n) is 25.7. The van der Waals surface area contributed by atoms with E-state index in [0.29, 0.717) is 12.8 Å². The lowest BCUT2D eigenvalue weighted by Gasteiger charge is -2.40. The fraction of sp³-hybridized carbons (Fsp3) is 0.932. The van der Waals surface area contributed by atoms with E-state index in [0.717, 1.165) is 44.9 Å². The molecule has 486 valence electrons. The first-order valence-corrected chi connectivity index (χ1v) is 36.5. The van der Waals surface area contributed by atoms with Crippen LogP contribution in [-0.2, 0) is 14.3 Å². The van der Waals surface area contributed by atoms with Gasteiger partial charge < -0.3 is 40.3 Å². The molecule has 6 N–H and O–H groups in total. The number of carbonyl (C=O) groups is 1. The van der Waals surface area contributed by atoms with Gasteiger partial charge in [-0.3, -0.25) is 4.79 Å². The largest absolute Gasteiger partial charge is 0.394 e. The molecule has 1 fully saturated rings. The molecule has 1 heterocycles. The van der Waals surface area contributed by atoms with Gasteiger partial charge in [-0.15, -0.1) is 0 Å². The molecule has 0 aromatic heterocycles. The average Bonchev–Trinajstić information content (AvgIpc) is 3.57. The van der Waals surface area contributed by atoms with Gasteiger partial charge in [0.05, 0.1) is 25.4 Å². The van der Waals surface area contributed by atoms with E-state index in [1.54, 1.807) is 0 Å². The van der Waals surface area contributed by atoms with E-state index in [2.05, 4.69) is 43.5 Å². The second kappa shape index (κ2) is 62.7. The smallest absolute Gasteiger partial charge is 0.220 e. The number of allylic oxidation sites excluding steroid dienone is 4. The molecule has 7 atom stereocenters. The molecule has 0 radical (unpaired) electrons. The van der Waals surface area contributed by atoms with Crippen LogP contribution in [0, 0.1) is 0 Å². The standard InChI is InChI=1S/C73H141NO8/c1-3-5-7-9-11-13-15-17-19-21-23-24-25-26-27-28-29-30-31-32-33-34-35-36-37-38-39-40-41-42-43-44-45-47-49-51-53-55-57-59-61-63-69(77)74-66(65-81-73-72(80)71(79)70(78)68(64-75)82-73)67(76)62-60-58-56-54-52-50-48-46-22-20-18-16-14-12-10-8-6-4-2/h15,17,21,23,66-68,70-73,75-76,78-80H,3-14,16,18-20,22,24-65H2,1-2H3,(H,74,77)/b17-15-,23-21-. The molecule has 82 heavy (non-hydrogen) atoms. The molecule has 1 rings (SSSR count). The number of aliphatic hydroxyl groups excluding tert-OH is 5. The number of amides is 1. The third-order valence-corrected chi connectivity index (χ3v) is 17.8. The van der Waals surface area contributed by atoms with Gasteiger partial charge in [0.25, 0.3) is 0 Å². The van der Waals surface area contributed by atoms with Crippen molar-refractivity contribution in [3.8, 4) is 0 Å². The van der Waals surface area contributed by atoms with Gasteiger partial charge in [0, 0.05) is 6.42 Å². The highest BCUT2D eigenvalue weighted by atomic mass is 16.7. The summed E-state index contributed by atoms with van der Waals surface area (Å²) in [5.41, 5.74) is 0. The fourth-order valence-corrected chi connectivity index (χ4v) is 12.1. The number of nitrogens with one attached hydrogen (secondary N) is 1. The highest BCUT2D eigenvalue weighted by Gasteiger charge is 2.44. The predicted molar refractivity (Wildman–Crippen MR) is 350 cm³/mol. The molecular weight excluding hydrogens is 1020 g/mol. The highest BCUT2D eigenvalue weighted by Crippen LogP contribution is 2.24. The van der Waals surface area contributed by atoms with Crippen molar-refractivity contribution >= 4 is 5.91 Å². The van der Waals surface area contributed by atoms with E-state index in [1.165, 1.54) is 308 Å². The summed E-state index contributed by atoms with van der Waals surface area (Å²) >= 11 is 0. The summed E-state index contributed by atoms with van der Waals surface area (Å²) in [5, 5.41) is 54.9. The maximum absolute atomic E-state index is 13.1. The molecule has 7 unspecified atom stereocenters. The minimum atomic E-state index is -1.55. The van der Waals surface area contributed by atoms with Crippen molar-refractivity contribution in [2.45, 2.75) is 423 Å². The van der Waals surface area contributed by atoms with E-state index < -0.39 is 49.5 Å². The number of aliphatic hydroxyl groups is 5. The molecule has 9 heteroatoms. The summed E-state index contributed by atoms with van der Waals surface area (Å²) in [6.07, 6.45) is 75.6. The molecular formula is C73H141NO8.